The van der Waals surface area contributed by atoms with Crippen molar-refractivity contribution in [2.24, 2.45) is 0 Å². The van der Waals surface area contributed by atoms with Gasteiger partial charge in [0.05, 0.1) is 66.3 Å². The first-order valence-corrected chi connectivity index (χ1v) is 12.8. The normalized spacial score (nSPS) is 25.4. The van der Waals surface area contributed by atoms with Gasteiger partial charge < -0.3 is 43.9 Å². The minimum absolute atomic E-state index is 0.174. The van der Waals surface area contributed by atoms with Gasteiger partial charge >= 0.3 is 0 Å². The number of fused-ring (bicyclic) bond motifs is 7. The third-order valence-electron chi connectivity index (χ3n) is 8.71. The molecule has 2 aromatic carbocycles. The number of benzene rings is 2. The average Bonchev–Trinajstić information content (AvgIpc) is 2.92. The minimum Gasteiger partial charge on any atom is -0.507 e. The maximum absolute atomic E-state index is 14.2. The predicted octanol–water partition coefficient (Wildman–Crippen LogP) is 1.94. The second-order valence-corrected chi connectivity index (χ2v) is 10.2. The summed E-state index contributed by atoms with van der Waals surface area (Å²) in [5.74, 6) is 1.68. The molecular weight excluding hydrogens is 508 g/mol. The Balaban J connectivity index is 1.86. The lowest BCUT2D eigenvalue weighted by atomic mass is 9.72. The molecule has 3 aliphatic heterocycles. The van der Waals surface area contributed by atoms with E-state index < -0.39 is 36.9 Å². The van der Waals surface area contributed by atoms with Crippen molar-refractivity contribution in [2.75, 3.05) is 49.2 Å². The van der Waals surface area contributed by atoms with Gasteiger partial charge in [0, 0.05) is 39.8 Å². The number of phenols is 1. The van der Waals surface area contributed by atoms with Crippen LogP contribution in [0.15, 0.2) is 0 Å². The molecule has 3 heterocycles. The van der Waals surface area contributed by atoms with Gasteiger partial charge in [0.15, 0.2) is 23.0 Å². The molecule has 0 aliphatic carbocycles. The largest absolute Gasteiger partial charge is 0.507 e. The number of likely N-dealkylation sites (N-methyl/N-ethyl adjacent to an activating group) is 1. The predicted molar refractivity (Wildman–Crippen MR) is 140 cm³/mol. The highest BCUT2D eigenvalue weighted by Crippen LogP contribution is 2.60. The Morgan fingerprint density at radius 1 is 0.821 bits per heavy atom. The van der Waals surface area contributed by atoms with Gasteiger partial charge in [-0.1, -0.05) is 0 Å². The van der Waals surface area contributed by atoms with Gasteiger partial charge in [-0.05, 0) is 20.9 Å². The van der Waals surface area contributed by atoms with Crippen molar-refractivity contribution in [1.29, 1.82) is 0 Å². The van der Waals surface area contributed by atoms with E-state index in [4.69, 9.17) is 23.7 Å². The first kappa shape index (κ1) is 27.2. The van der Waals surface area contributed by atoms with Gasteiger partial charge in [-0.25, -0.2) is 0 Å². The SMILES string of the molecule is COc1c(C)c(OC)c(OC)c2c1C[C@H]1C(=O)N3[C@@H](CO)c4c(OC)c(OC)c(C)c(O)c4C(O)[C@H]3[C@@H]2N1C. The number of amides is 1. The highest BCUT2D eigenvalue weighted by atomic mass is 16.5. The molecule has 0 saturated carbocycles. The van der Waals surface area contributed by atoms with E-state index in [9.17, 15) is 20.1 Å². The van der Waals surface area contributed by atoms with Gasteiger partial charge in [-0.15, -0.1) is 0 Å². The Morgan fingerprint density at radius 2 is 1.36 bits per heavy atom. The van der Waals surface area contributed by atoms with Crippen LogP contribution in [0, 0.1) is 13.8 Å². The number of rotatable bonds is 6. The molecule has 212 valence electrons. The summed E-state index contributed by atoms with van der Waals surface area (Å²) in [4.78, 5) is 17.7. The fourth-order valence-corrected chi connectivity index (χ4v) is 7.11. The number of ether oxygens (including phenoxy) is 5. The smallest absolute Gasteiger partial charge is 0.241 e. The van der Waals surface area contributed by atoms with Crippen LogP contribution < -0.4 is 23.7 Å². The lowest BCUT2D eigenvalue weighted by Crippen LogP contribution is -2.67. The van der Waals surface area contributed by atoms with Crippen LogP contribution in [0.5, 0.6) is 34.5 Å². The van der Waals surface area contributed by atoms with Crippen LogP contribution in [-0.4, -0.2) is 92.3 Å². The van der Waals surface area contributed by atoms with Crippen molar-refractivity contribution in [3.05, 3.63) is 33.4 Å². The van der Waals surface area contributed by atoms with E-state index in [-0.39, 0.29) is 28.7 Å². The van der Waals surface area contributed by atoms with Gasteiger partial charge in [0.25, 0.3) is 0 Å². The summed E-state index contributed by atoms with van der Waals surface area (Å²) < 4.78 is 28.7. The molecule has 39 heavy (non-hydrogen) atoms. The first-order chi connectivity index (χ1) is 18.6. The van der Waals surface area contributed by atoms with Crippen molar-refractivity contribution < 1.29 is 43.8 Å². The van der Waals surface area contributed by atoms with Crippen molar-refractivity contribution in [3.8, 4) is 34.5 Å². The summed E-state index contributed by atoms with van der Waals surface area (Å²) >= 11 is 0. The molecular formula is C28H36N2O9. The van der Waals surface area contributed by atoms with Crippen molar-refractivity contribution in [1.82, 2.24) is 9.80 Å². The molecule has 5 rings (SSSR count). The average molecular weight is 545 g/mol. The summed E-state index contributed by atoms with van der Waals surface area (Å²) in [5, 5.41) is 34.1. The number of aliphatic hydroxyl groups is 2. The van der Waals surface area contributed by atoms with Crippen LogP contribution >= 0.6 is 0 Å². The van der Waals surface area contributed by atoms with Gasteiger partial charge in [0.2, 0.25) is 5.91 Å². The molecule has 2 bridgehead atoms. The molecule has 1 amide bonds. The molecule has 1 saturated heterocycles. The van der Waals surface area contributed by atoms with E-state index in [1.165, 1.54) is 14.2 Å². The standard InChI is InChI=1S/C28H36N2O9/c1-11-21(32)18-17(27(39-8)24(11)36-5)15(10-31)30-20(22(18)33)19-16-13(9-14(28(30)34)29(19)3)23(35-4)12(2)25(37-6)26(16)38-7/h14-15,19-20,22,31-33H,9-10H2,1-8H3/t14-,15-,19+,20+,22?/m0/s1. The van der Waals surface area contributed by atoms with Crippen LogP contribution in [0.1, 0.15) is 51.6 Å². The molecule has 5 atom stereocenters. The fourth-order valence-electron chi connectivity index (χ4n) is 7.11. The van der Waals surface area contributed by atoms with Crippen molar-refractivity contribution in [2.45, 2.75) is 50.5 Å². The number of piperazine rings is 1. The van der Waals surface area contributed by atoms with Gasteiger partial charge in [-0.3, -0.25) is 9.69 Å². The number of phenolic OH excluding ortho intramolecular Hbond substituents is 1. The van der Waals surface area contributed by atoms with E-state index in [1.54, 1.807) is 33.2 Å². The summed E-state index contributed by atoms with van der Waals surface area (Å²) in [6, 6.07) is -2.98. The topological polar surface area (TPSA) is 130 Å². The minimum atomic E-state index is -1.34. The summed E-state index contributed by atoms with van der Waals surface area (Å²) in [7, 11) is 9.41. The lowest BCUT2D eigenvalue weighted by molar-refractivity contribution is -0.168. The number of carbonyl (C=O) groups excluding carboxylic acids is 1. The zero-order valence-corrected chi connectivity index (χ0v) is 23.5. The maximum Gasteiger partial charge on any atom is 0.241 e. The molecule has 3 aliphatic rings. The van der Waals surface area contributed by atoms with Gasteiger partial charge in [0.1, 0.15) is 17.6 Å². The third-order valence-corrected chi connectivity index (χ3v) is 8.71. The highest BCUT2D eigenvalue weighted by molar-refractivity contribution is 5.87. The van der Waals surface area contributed by atoms with E-state index in [0.29, 0.717) is 34.8 Å². The highest BCUT2D eigenvalue weighted by Gasteiger charge is 2.59. The number of aromatic hydroxyl groups is 1. The second kappa shape index (κ2) is 9.65. The number of aliphatic hydroxyl groups excluding tert-OH is 2. The summed E-state index contributed by atoms with van der Waals surface area (Å²) in [6.07, 6.45) is -1.01. The van der Waals surface area contributed by atoms with E-state index in [2.05, 4.69) is 0 Å². The molecule has 0 spiro atoms. The molecule has 11 nitrogen and oxygen atoms in total. The molecule has 1 unspecified atom stereocenters. The van der Waals surface area contributed by atoms with E-state index in [0.717, 1.165) is 16.7 Å². The van der Waals surface area contributed by atoms with Gasteiger partial charge in [-0.2, -0.15) is 0 Å². The molecule has 0 radical (unpaired) electrons. The van der Waals surface area contributed by atoms with Crippen LogP contribution in [0.2, 0.25) is 0 Å². The Hall–Kier alpha value is -3.41. The third kappa shape index (κ3) is 3.36. The quantitative estimate of drug-likeness (QED) is 0.496. The molecule has 2 aromatic rings. The van der Waals surface area contributed by atoms with Crippen LogP contribution in [0.3, 0.4) is 0 Å². The number of hydrogen-bond acceptors (Lipinski definition) is 10. The number of hydrogen-bond donors (Lipinski definition) is 3. The Kier molecular flexibility index (Phi) is 6.72. The summed E-state index contributed by atoms with van der Waals surface area (Å²) in [6.45, 7) is 3.07. The Labute approximate surface area is 227 Å². The molecule has 3 N–H and O–H groups in total. The number of carbonyl (C=O) groups is 1. The maximum atomic E-state index is 14.2. The number of methoxy groups -OCH3 is 5. The second-order valence-electron chi connectivity index (χ2n) is 10.2. The first-order valence-electron chi connectivity index (χ1n) is 12.8. The van der Waals surface area contributed by atoms with Crippen molar-refractivity contribution in [3.63, 3.8) is 0 Å². The van der Waals surface area contributed by atoms with E-state index in [1.807, 2.05) is 18.9 Å². The summed E-state index contributed by atoms with van der Waals surface area (Å²) in [5.41, 5.74) is 3.18. The van der Waals surface area contributed by atoms with Crippen LogP contribution in [0.25, 0.3) is 0 Å². The molecule has 11 heteroatoms. The van der Waals surface area contributed by atoms with Crippen LogP contribution in [0.4, 0.5) is 0 Å². The van der Waals surface area contributed by atoms with Crippen molar-refractivity contribution >= 4 is 5.91 Å². The van der Waals surface area contributed by atoms with Crippen LogP contribution in [-0.2, 0) is 11.2 Å². The van der Waals surface area contributed by atoms with E-state index >= 15 is 0 Å². The number of nitrogens with zero attached hydrogens (tertiary/aromatic N) is 2. The fraction of sp³-hybridized carbons (Fsp3) is 0.536. The Bertz CT molecular complexity index is 1340. The molecule has 0 aromatic heterocycles. The zero-order valence-electron chi connectivity index (χ0n) is 23.5. The molecule has 1 fully saturated rings. The Morgan fingerprint density at radius 3 is 1.90 bits per heavy atom. The zero-order chi connectivity index (χ0) is 28.5. The lowest BCUT2D eigenvalue weighted by Gasteiger charge is -2.58. The monoisotopic (exact) mass is 544 g/mol.